The number of carbonyl (C=O) groups is 1. The van der Waals surface area contributed by atoms with Crippen LogP contribution in [0.1, 0.15) is 17.3 Å². The second-order valence-corrected chi connectivity index (χ2v) is 5.09. The van der Waals surface area contributed by atoms with Gasteiger partial charge in [0.2, 0.25) is 0 Å². The Balaban J connectivity index is 2.07. The van der Waals surface area contributed by atoms with E-state index in [9.17, 15) is 4.79 Å². The average molecular weight is 253 g/mol. The number of rotatable bonds is 4. The van der Waals surface area contributed by atoms with Crippen molar-refractivity contribution >= 4 is 23.4 Å². The summed E-state index contributed by atoms with van der Waals surface area (Å²) in [6.45, 7) is 3.68. The molecule has 2 rings (SSSR count). The lowest BCUT2D eigenvalue weighted by Crippen LogP contribution is -2.30. The standard InChI is InChI=1S/C12H15NO3S/c1-2-16-12(14)8-3-4-11(10(13)5-8)17-9-6-15-7-9/h3-5,9H,2,6-7,13H2,1H3. The fraction of sp³-hybridized carbons (Fsp3) is 0.417. The highest BCUT2D eigenvalue weighted by molar-refractivity contribution is 8.00. The molecule has 4 nitrogen and oxygen atoms in total. The molecule has 1 heterocycles. The molecule has 92 valence electrons. The highest BCUT2D eigenvalue weighted by Gasteiger charge is 2.20. The molecule has 1 aliphatic heterocycles. The van der Waals surface area contributed by atoms with E-state index in [4.69, 9.17) is 15.2 Å². The summed E-state index contributed by atoms with van der Waals surface area (Å²) in [5.41, 5.74) is 7.03. The molecular formula is C12H15NO3S. The molecule has 17 heavy (non-hydrogen) atoms. The van der Waals surface area contributed by atoms with Gasteiger partial charge < -0.3 is 15.2 Å². The predicted molar refractivity (Wildman–Crippen MR) is 67.3 cm³/mol. The van der Waals surface area contributed by atoms with Crippen molar-refractivity contribution in [3.8, 4) is 0 Å². The molecule has 1 fully saturated rings. The largest absolute Gasteiger partial charge is 0.462 e. The van der Waals surface area contributed by atoms with Gasteiger partial charge in [-0.1, -0.05) is 0 Å². The third-order valence-corrected chi connectivity index (χ3v) is 3.65. The minimum atomic E-state index is -0.331. The number of hydrogen-bond acceptors (Lipinski definition) is 5. The van der Waals surface area contributed by atoms with Crippen molar-refractivity contribution in [1.29, 1.82) is 0 Å². The summed E-state index contributed by atoms with van der Waals surface area (Å²) >= 11 is 1.69. The van der Waals surface area contributed by atoms with Crippen LogP contribution >= 0.6 is 11.8 Å². The summed E-state index contributed by atoms with van der Waals surface area (Å²) in [5.74, 6) is -0.331. The van der Waals surface area contributed by atoms with Gasteiger partial charge in [-0.2, -0.15) is 0 Å². The Labute approximate surface area is 104 Å². The first-order valence-electron chi connectivity index (χ1n) is 5.51. The fourth-order valence-electron chi connectivity index (χ4n) is 1.46. The van der Waals surface area contributed by atoms with E-state index in [2.05, 4.69) is 0 Å². The highest BCUT2D eigenvalue weighted by Crippen LogP contribution is 2.32. The van der Waals surface area contributed by atoms with Crippen molar-refractivity contribution in [3.63, 3.8) is 0 Å². The zero-order valence-corrected chi connectivity index (χ0v) is 10.5. The Hall–Kier alpha value is -1.20. The summed E-state index contributed by atoms with van der Waals surface area (Å²) in [5, 5.41) is 0.478. The van der Waals surface area contributed by atoms with Crippen LogP contribution in [0.25, 0.3) is 0 Å². The first-order valence-corrected chi connectivity index (χ1v) is 6.39. The maximum absolute atomic E-state index is 11.5. The van der Waals surface area contributed by atoms with Gasteiger partial charge >= 0.3 is 5.97 Å². The molecule has 2 N–H and O–H groups in total. The number of esters is 1. The molecule has 0 saturated carbocycles. The second kappa shape index (κ2) is 5.42. The third-order valence-electron chi connectivity index (χ3n) is 2.42. The minimum absolute atomic E-state index is 0.331. The zero-order chi connectivity index (χ0) is 12.3. The maximum Gasteiger partial charge on any atom is 0.338 e. The molecule has 1 aromatic rings. The van der Waals surface area contributed by atoms with Gasteiger partial charge in [-0.25, -0.2) is 4.79 Å². The molecule has 1 aromatic carbocycles. The van der Waals surface area contributed by atoms with Crippen LogP contribution in [0, 0.1) is 0 Å². The average Bonchev–Trinajstić information content (AvgIpc) is 2.25. The normalized spacial score (nSPS) is 15.4. The molecule has 5 heteroatoms. The van der Waals surface area contributed by atoms with E-state index in [1.54, 1.807) is 30.8 Å². The topological polar surface area (TPSA) is 61.5 Å². The van der Waals surface area contributed by atoms with Crippen molar-refractivity contribution in [1.82, 2.24) is 0 Å². The van der Waals surface area contributed by atoms with Gasteiger partial charge in [0.1, 0.15) is 0 Å². The van der Waals surface area contributed by atoms with Gasteiger partial charge in [0, 0.05) is 10.6 Å². The monoisotopic (exact) mass is 253 g/mol. The van der Waals surface area contributed by atoms with E-state index in [1.807, 2.05) is 6.07 Å². The van der Waals surface area contributed by atoms with Crippen molar-refractivity contribution in [2.75, 3.05) is 25.6 Å². The van der Waals surface area contributed by atoms with Crippen molar-refractivity contribution in [2.45, 2.75) is 17.1 Å². The van der Waals surface area contributed by atoms with Crippen molar-refractivity contribution in [2.24, 2.45) is 0 Å². The van der Waals surface area contributed by atoms with E-state index >= 15 is 0 Å². The van der Waals surface area contributed by atoms with Crippen LogP contribution in [0.15, 0.2) is 23.1 Å². The summed E-state index contributed by atoms with van der Waals surface area (Å²) in [6, 6.07) is 5.28. The molecule has 1 aliphatic rings. The summed E-state index contributed by atoms with van der Waals surface area (Å²) < 4.78 is 10.0. The number of hydrogen-bond donors (Lipinski definition) is 1. The maximum atomic E-state index is 11.5. The van der Waals surface area contributed by atoms with Crippen LogP contribution < -0.4 is 5.73 Å². The molecule has 0 atom stereocenters. The molecule has 0 aromatic heterocycles. The van der Waals surface area contributed by atoms with Crippen LogP contribution in [0.5, 0.6) is 0 Å². The van der Waals surface area contributed by atoms with Crippen LogP contribution in [-0.2, 0) is 9.47 Å². The SMILES string of the molecule is CCOC(=O)c1ccc(SC2COC2)c(N)c1. The molecule has 1 saturated heterocycles. The number of thioether (sulfide) groups is 1. The Morgan fingerprint density at radius 1 is 1.59 bits per heavy atom. The van der Waals surface area contributed by atoms with Gasteiger partial charge in [-0.3, -0.25) is 0 Å². The van der Waals surface area contributed by atoms with Crippen LogP contribution in [-0.4, -0.2) is 31.0 Å². The van der Waals surface area contributed by atoms with Crippen LogP contribution in [0.4, 0.5) is 5.69 Å². The Kier molecular flexibility index (Phi) is 3.91. The van der Waals surface area contributed by atoms with E-state index < -0.39 is 0 Å². The molecule has 0 unspecified atom stereocenters. The lowest BCUT2D eigenvalue weighted by atomic mass is 10.2. The highest BCUT2D eigenvalue weighted by atomic mass is 32.2. The number of nitrogen functional groups attached to an aromatic ring is 1. The van der Waals surface area contributed by atoms with Crippen LogP contribution in [0.3, 0.4) is 0 Å². The molecule has 0 spiro atoms. The zero-order valence-electron chi connectivity index (χ0n) is 9.64. The summed E-state index contributed by atoms with van der Waals surface area (Å²) in [7, 11) is 0. The van der Waals surface area contributed by atoms with E-state index in [0.29, 0.717) is 23.1 Å². The lowest BCUT2D eigenvalue weighted by molar-refractivity contribution is 0.0455. The molecule has 0 aliphatic carbocycles. The fourth-order valence-corrected chi connectivity index (χ4v) is 2.49. The van der Waals surface area contributed by atoms with E-state index in [1.165, 1.54) is 0 Å². The molecule has 0 amide bonds. The molecule has 0 radical (unpaired) electrons. The number of nitrogens with two attached hydrogens (primary N) is 1. The van der Waals surface area contributed by atoms with Gasteiger partial charge in [-0.05, 0) is 25.1 Å². The molecule has 0 bridgehead atoms. The number of anilines is 1. The summed E-state index contributed by atoms with van der Waals surface area (Å²) in [6.07, 6.45) is 0. The Morgan fingerprint density at radius 2 is 2.35 bits per heavy atom. The van der Waals surface area contributed by atoms with Crippen molar-refractivity contribution < 1.29 is 14.3 Å². The summed E-state index contributed by atoms with van der Waals surface area (Å²) in [4.78, 5) is 12.5. The number of ether oxygens (including phenoxy) is 2. The third kappa shape index (κ3) is 2.92. The Bertz CT molecular complexity index is 418. The van der Waals surface area contributed by atoms with Gasteiger partial charge in [0.05, 0.1) is 30.6 Å². The van der Waals surface area contributed by atoms with Crippen LogP contribution in [0.2, 0.25) is 0 Å². The smallest absolute Gasteiger partial charge is 0.338 e. The van der Waals surface area contributed by atoms with Gasteiger partial charge in [0.15, 0.2) is 0 Å². The number of benzene rings is 1. The first kappa shape index (κ1) is 12.3. The first-order chi connectivity index (χ1) is 8.20. The second-order valence-electron chi connectivity index (χ2n) is 3.75. The van der Waals surface area contributed by atoms with Gasteiger partial charge in [0.25, 0.3) is 0 Å². The minimum Gasteiger partial charge on any atom is -0.462 e. The predicted octanol–water partition coefficient (Wildman–Crippen LogP) is 1.94. The van der Waals surface area contributed by atoms with E-state index in [-0.39, 0.29) is 5.97 Å². The van der Waals surface area contributed by atoms with Gasteiger partial charge in [-0.15, -0.1) is 11.8 Å². The number of carbonyl (C=O) groups excluding carboxylic acids is 1. The molecular weight excluding hydrogens is 238 g/mol. The van der Waals surface area contributed by atoms with E-state index in [0.717, 1.165) is 18.1 Å². The quantitative estimate of drug-likeness (QED) is 0.656. The lowest BCUT2D eigenvalue weighted by Gasteiger charge is -2.25. The van der Waals surface area contributed by atoms with Crippen molar-refractivity contribution in [3.05, 3.63) is 23.8 Å². The Morgan fingerprint density at radius 3 is 2.88 bits per heavy atom.